The van der Waals surface area contributed by atoms with E-state index in [0.717, 1.165) is 24.2 Å². The molecule has 5 amide bonds. The molecule has 9 heteroatoms. The van der Waals surface area contributed by atoms with Crippen LogP contribution in [0.25, 0.3) is 0 Å². The minimum Gasteiger partial charge on any atom is -0.484 e. The number of amides is 5. The summed E-state index contributed by atoms with van der Waals surface area (Å²) in [5.41, 5.74) is -0.268. The van der Waals surface area contributed by atoms with Crippen LogP contribution in [0.1, 0.15) is 45.4 Å². The van der Waals surface area contributed by atoms with E-state index < -0.39 is 11.6 Å². The lowest BCUT2D eigenvalue weighted by atomic mass is 9.82. The van der Waals surface area contributed by atoms with Crippen molar-refractivity contribution in [2.75, 3.05) is 25.0 Å². The number of carbonyl (C=O) groups is 4. The highest BCUT2D eigenvalue weighted by molar-refractivity contribution is 6.07. The van der Waals surface area contributed by atoms with Gasteiger partial charge in [0.15, 0.2) is 6.61 Å². The van der Waals surface area contributed by atoms with Gasteiger partial charge in [-0.15, -0.1) is 0 Å². The molecule has 162 valence electrons. The van der Waals surface area contributed by atoms with E-state index in [1.54, 1.807) is 24.3 Å². The molecule has 2 aliphatic rings. The van der Waals surface area contributed by atoms with Gasteiger partial charge in [-0.1, -0.05) is 25.3 Å². The quantitative estimate of drug-likeness (QED) is 0.559. The Balaban J connectivity index is 1.50. The van der Waals surface area contributed by atoms with Crippen LogP contribution in [0.15, 0.2) is 24.3 Å². The molecule has 30 heavy (non-hydrogen) atoms. The molecule has 1 spiro atoms. The maximum atomic E-state index is 12.7. The van der Waals surface area contributed by atoms with Crippen molar-refractivity contribution in [1.29, 1.82) is 0 Å². The van der Waals surface area contributed by atoms with Crippen LogP contribution in [-0.2, 0) is 14.4 Å². The molecule has 1 aliphatic carbocycles. The van der Waals surface area contributed by atoms with E-state index in [-0.39, 0.29) is 37.3 Å². The summed E-state index contributed by atoms with van der Waals surface area (Å²) >= 11 is 0. The molecule has 2 fully saturated rings. The van der Waals surface area contributed by atoms with Crippen LogP contribution in [0.2, 0.25) is 0 Å². The van der Waals surface area contributed by atoms with Gasteiger partial charge < -0.3 is 20.7 Å². The summed E-state index contributed by atoms with van der Waals surface area (Å²) in [6.07, 6.45) is 4.21. The average molecular weight is 416 g/mol. The van der Waals surface area contributed by atoms with Crippen molar-refractivity contribution in [2.24, 2.45) is 0 Å². The van der Waals surface area contributed by atoms with Crippen LogP contribution >= 0.6 is 0 Å². The predicted octanol–water partition coefficient (Wildman–Crippen LogP) is 1.78. The number of ether oxygens (including phenoxy) is 1. The van der Waals surface area contributed by atoms with Crippen molar-refractivity contribution in [3.8, 4) is 5.75 Å². The maximum absolute atomic E-state index is 12.7. The van der Waals surface area contributed by atoms with Gasteiger partial charge in [-0.25, -0.2) is 4.79 Å². The van der Waals surface area contributed by atoms with Gasteiger partial charge in [0.2, 0.25) is 5.91 Å². The van der Waals surface area contributed by atoms with Crippen molar-refractivity contribution in [2.45, 2.75) is 51.0 Å². The van der Waals surface area contributed by atoms with E-state index in [0.29, 0.717) is 30.8 Å². The third-order valence-corrected chi connectivity index (χ3v) is 5.38. The Morgan fingerprint density at radius 2 is 1.93 bits per heavy atom. The van der Waals surface area contributed by atoms with E-state index in [1.807, 2.05) is 6.92 Å². The van der Waals surface area contributed by atoms with Crippen LogP contribution in [-0.4, -0.2) is 53.9 Å². The topological polar surface area (TPSA) is 117 Å². The highest BCUT2D eigenvalue weighted by atomic mass is 16.5. The molecule has 1 saturated heterocycles. The molecule has 1 aliphatic heterocycles. The minimum absolute atomic E-state index is 0.000763. The number of nitrogens with one attached hydrogen (secondary N) is 3. The number of nitrogens with zero attached hydrogens (tertiary/aromatic N) is 1. The van der Waals surface area contributed by atoms with Crippen LogP contribution in [0, 0.1) is 0 Å². The van der Waals surface area contributed by atoms with Crippen molar-refractivity contribution in [1.82, 2.24) is 15.5 Å². The summed E-state index contributed by atoms with van der Waals surface area (Å²) in [5.74, 6) is -0.314. The lowest BCUT2D eigenvalue weighted by molar-refractivity contribution is -0.132. The first-order valence-electron chi connectivity index (χ1n) is 10.4. The van der Waals surface area contributed by atoms with Gasteiger partial charge in [0.05, 0.1) is 0 Å². The molecule has 0 unspecified atom stereocenters. The molecular formula is C21H28N4O5. The summed E-state index contributed by atoms with van der Waals surface area (Å²) in [5, 5.41) is 8.21. The molecule has 1 aromatic carbocycles. The highest BCUT2D eigenvalue weighted by Gasteiger charge is 2.51. The number of likely N-dealkylation sites (N-methyl/N-ethyl adjacent to an activating group) is 1. The van der Waals surface area contributed by atoms with E-state index in [1.165, 1.54) is 0 Å². The second-order valence-electron chi connectivity index (χ2n) is 7.60. The molecule has 3 rings (SSSR count). The van der Waals surface area contributed by atoms with Gasteiger partial charge >= 0.3 is 6.03 Å². The lowest BCUT2D eigenvalue weighted by Gasteiger charge is -2.30. The Labute approximate surface area is 175 Å². The Morgan fingerprint density at radius 3 is 2.67 bits per heavy atom. The van der Waals surface area contributed by atoms with Gasteiger partial charge in [0.1, 0.15) is 11.3 Å². The van der Waals surface area contributed by atoms with Gasteiger partial charge in [-0.2, -0.15) is 0 Å². The number of benzene rings is 1. The van der Waals surface area contributed by atoms with Gasteiger partial charge in [0.25, 0.3) is 11.8 Å². The summed E-state index contributed by atoms with van der Waals surface area (Å²) in [6, 6.07) is 6.28. The first-order valence-corrected chi connectivity index (χ1v) is 10.4. The summed E-state index contributed by atoms with van der Waals surface area (Å²) in [4.78, 5) is 50.0. The van der Waals surface area contributed by atoms with Crippen LogP contribution in [0.3, 0.4) is 0 Å². The summed E-state index contributed by atoms with van der Waals surface area (Å²) < 4.78 is 5.41. The molecule has 0 radical (unpaired) electrons. The third-order valence-electron chi connectivity index (χ3n) is 5.38. The standard InChI is InChI=1S/C21H28N4O5/c1-2-22-18(27)14-30-16-8-6-7-15(13-16)23-17(26)9-12-25-19(28)21(24-20(25)29)10-4-3-5-11-21/h6-8,13H,2-5,9-12,14H2,1H3,(H,22,27)(H,23,26)(H,24,29). The fourth-order valence-electron chi connectivity index (χ4n) is 3.87. The van der Waals surface area contributed by atoms with Crippen LogP contribution in [0.4, 0.5) is 10.5 Å². The summed E-state index contributed by atoms with van der Waals surface area (Å²) in [6.45, 7) is 2.27. The fraction of sp³-hybridized carbons (Fsp3) is 0.524. The van der Waals surface area contributed by atoms with E-state index >= 15 is 0 Å². The number of imide groups is 1. The molecule has 0 bridgehead atoms. The van der Waals surface area contributed by atoms with Gasteiger partial charge in [-0.05, 0) is 31.9 Å². The smallest absolute Gasteiger partial charge is 0.325 e. The number of urea groups is 1. The second-order valence-corrected chi connectivity index (χ2v) is 7.60. The maximum Gasteiger partial charge on any atom is 0.325 e. The van der Waals surface area contributed by atoms with E-state index in [9.17, 15) is 19.2 Å². The molecule has 0 atom stereocenters. The molecular weight excluding hydrogens is 388 g/mol. The zero-order valence-corrected chi connectivity index (χ0v) is 17.2. The minimum atomic E-state index is -0.776. The normalized spacial score (nSPS) is 17.6. The number of carbonyl (C=O) groups excluding carboxylic acids is 4. The second kappa shape index (κ2) is 9.60. The predicted molar refractivity (Wildman–Crippen MR) is 110 cm³/mol. The molecule has 1 heterocycles. The van der Waals surface area contributed by atoms with Crippen molar-refractivity contribution >= 4 is 29.4 Å². The first-order chi connectivity index (χ1) is 14.4. The molecule has 1 aromatic rings. The van der Waals surface area contributed by atoms with Crippen molar-refractivity contribution < 1.29 is 23.9 Å². The van der Waals surface area contributed by atoms with Crippen LogP contribution in [0.5, 0.6) is 5.75 Å². The Kier molecular flexibility index (Phi) is 6.91. The fourth-order valence-corrected chi connectivity index (χ4v) is 3.87. The third kappa shape index (κ3) is 5.08. The SMILES string of the molecule is CCNC(=O)COc1cccc(NC(=O)CCN2C(=O)NC3(CCCCC3)C2=O)c1. The van der Waals surface area contributed by atoms with E-state index in [2.05, 4.69) is 16.0 Å². The number of rotatable bonds is 8. The van der Waals surface area contributed by atoms with Gasteiger partial charge in [0, 0.05) is 31.3 Å². The zero-order chi connectivity index (χ0) is 21.6. The Hall–Kier alpha value is -3.10. The number of anilines is 1. The molecule has 3 N–H and O–H groups in total. The molecule has 0 aromatic heterocycles. The Bertz CT molecular complexity index is 819. The lowest BCUT2D eigenvalue weighted by Crippen LogP contribution is -2.48. The van der Waals surface area contributed by atoms with Crippen LogP contribution < -0.4 is 20.7 Å². The zero-order valence-electron chi connectivity index (χ0n) is 17.2. The summed E-state index contributed by atoms with van der Waals surface area (Å²) in [7, 11) is 0. The largest absolute Gasteiger partial charge is 0.484 e. The van der Waals surface area contributed by atoms with Crippen molar-refractivity contribution in [3.05, 3.63) is 24.3 Å². The Morgan fingerprint density at radius 1 is 1.17 bits per heavy atom. The number of hydrogen-bond acceptors (Lipinski definition) is 5. The highest BCUT2D eigenvalue weighted by Crippen LogP contribution is 2.33. The molecule has 9 nitrogen and oxygen atoms in total. The monoisotopic (exact) mass is 416 g/mol. The first kappa shape index (κ1) is 21.6. The average Bonchev–Trinajstić information content (AvgIpc) is 2.95. The molecule has 1 saturated carbocycles. The number of hydrogen-bond donors (Lipinski definition) is 3. The van der Waals surface area contributed by atoms with Gasteiger partial charge in [-0.3, -0.25) is 19.3 Å². The van der Waals surface area contributed by atoms with E-state index in [4.69, 9.17) is 4.74 Å². The van der Waals surface area contributed by atoms with Crippen molar-refractivity contribution in [3.63, 3.8) is 0 Å².